The van der Waals surface area contributed by atoms with Gasteiger partial charge in [0, 0.05) is 11.6 Å². The van der Waals surface area contributed by atoms with E-state index in [1.54, 1.807) is 0 Å². The van der Waals surface area contributed by atoms with E-state index in [0.717, 1.165) is 0 Å². The summed E-state index contributed by atoms with van der Waals surface area (Å²) in [7, 11) is 0.577. The number of rotatable bonds is 4. The highest BCUT2D eigenvalue weighted by molar-refractivity contribution is 6.89. The van der Waals surface area contributed by atoms with Crippen molar-refractivity contribution in [1.82, 2.24) is 0 Å². The van der Waals surface area contributed by atoms with Gasteiger partial charge in [-0.05, 0) is 36.1 Å². The van der Waals surface area contributed by atoms with E-state index >= 15 is 0 Å². The van der Waals surface area contributed by atoms with Crippen LogP contribution in [0.1, 0.15) is 11.1 Å². The average Bonchev–Trinajstić information content (AvgIpc) is 2.69. The molecule has 0 aliphatic carbocycles. The number of pyridine rings is 1. The molecule has 0 aliphatic heterocycles. The third-order valence-electron chi connectivity index (χ3n) is 5.81. The number of aromatic nitrogens is 1. The molecule has 0 saturated heterocycles. The molecule has 28 heavy (non-hydrogen) atoms. The molecular weight excluding hydrogens is 354 g/mol. The fourth-order valence-electron chi connectivity index (χ4n) is 4.18. The predicted molar refractivity (Wildman–Crippen MR) is 123 cm³/mol. The first kappa shape index (κ1) is 18.6. The minimum Gasteiger partial charge on any atom is -0.200 e. The summed E-state index contributed by atoms with van der Waals surface area (Å²) < 4.78 is 2.25. The van der Waals surface area contributed by atoms with Gasteiger partial charge in [-0.25, -0.2) is 4.57 Å². The van der Waals surface area contributed by atoms with Crippen molar-refractivity contribution in [3.63, 3.8) is 0 Å². The summed E-state index contributed by atoms with van der Waals surface area (Å²) in [6.07, 6.45) is 2.19. The topological polar surface area (TPSA) is 3.88 Å². The fraction of sp³-hybridized carbons (Fsp3) is 0.192. The van der Waals surface area contributed by atoms with Crippen molar-refractivity contribution in [3.8, 4) is 11.3 Å². The normalized spacial score (nSPS) is 11.7. The van der Waals surface area contributed by atoms with Gasteiger partial charge in [-0.1, -0.05) is 84.5 Å². The molecule has 0 N–H and O–H groups in total. The average molecular weight is 383 g/mol. The maximum absolute atomic E-state index is 2.48. The van der Waals surface area contributed by atoms with Crippen molar-refractivity contribution in [1.29, 1.82) is 0 Å². The van der Waals surface area contributed by atoms with E-state index in [9.17, 15) is 0 Å². The maximum atomic E-state index is 2.48. The zero-order valence-electron chi connectivity index (χ0n) is 17.2. The van der Waals surface area contributed by atoms with Crippen LogP contribution in [-0.2, 0) is 13.1 Å². The van der Waals surface area contributed by atoms with Crippen molar-refractivity contribution in [2.24, 2.45) is 7.05 Å². The third kappa shape index (κ3) is 3.52. The van der Waals surface area contributed by atoms with Crippen molar-refractivity contribution >= 4 is 24.0 Å². The molecule has 0 radical (unpaired) electrons. The van der Waals surface area contributed by atoms with Crippen LogP contribution in [0.15, 0.2) is 85.1 Å². The van der Waals surface area contributed by atoms with Gasteiger partial charge in [0.2, 0.25) is 5.69 Å². The van der Waals surface area contributed by atoms with Gasteiger partial charge in [0.1, 0.15) is 7.05 Å². The van der Waals surface area contributed by atoms with Crippen LogP contribution < -0.4 is 9.75 Å². The molecule has 0 bridgehead atoms. The second kappa shape index (κ2) is 7.37. The number of nitrogens with zero attached hydrogens (tertiary/aromatic N) is 1. The zero-order valence-corrected chi connectivity index (χ0v) is 18.2. The van der Waals surface area contributed by atoms with Crippen molar-refractivity contribution in [3.05, 3.63) is 96.2 Å². The van der Waals surface area contributed by atoms with Crippen LogP contribution in [0.3, 0.4) is 0 Å². The summed E-state index contributed by atoms with van der Waals surface area (Å²) in [5, 5.41) is 4.18. The van der Waals surface area contributed by atoms with Crippen LogP contribution in [0.4, 0.5) is 0 Å². The Labute approximate surface area is 169 Å². The lowest BCUT2D eigenvalue weighted by atomic mass is 10.00. The first-order valence-electron chi connectivity index (χ1n) is 9.98. The minimum atomic E-state index is -1.57. The number of hydrogen-bond donors (Lipinski definition) is 0. The van der Waals surface area contributed by atoms with Gasteiger partial charge in [-0.2, -0.15) is 0 Å². The molecule has 0 amide bonds. The van der Waals surface area contributed by atoms with E-state index in [2.05, 4.69) is 117 Å². The molecule has 1 nitrogen and oxygen atoms in total. The quantitative estimate of drug-likeness (QED) is 0.331. The van der Waals surface area contributed by atoms with E-state index in [0.29, 0.717) is 0 Å². The third-order valence-corrected chi connectivity index (χ3v) is 8.97. The highest BCUT2D eigenvalue weighted by Gasteiger charge is 2.25. The van der Waals surface area contributed by atoms with E-state index in [-0.39, 0.29) is 0 Å². The Morgan fingerprint density at radius 1 is 0.821 bits per heavy atom. The van der Waals surface area contributed by atoms with E-state index < -0.39 is 8.07 Å². The lowest BCUT2D eigenvalue weighted by Crippen LogP contribution is -2.44. The Morgan fingerprint density at radius 2 is 1.54 bits per heavy atom. The van der Waals surface area contributed by atoms with Gasteiger partial charge in [-0.3, -0.25) is 0 Å². The van der Waals surface area contributed by atoms with E-state index in [1.807, 2.05) is 0 Å². The van der Waals surface area contributed by atoms with Gasteiger partial charge < -0.3 is 0 Å². The maximum Gasteiger partial charge on any atom is 0.220 e. The lowest BCUT2D eigenvalue weighted by Gasteiger charge is -2.24. The first-order valence-corrected chi connectivity index (χ1v) is 13.2. The second-order valence-electron chi connectivity index (χ2n) is 8.44. The Kier molecular flexibility index (Phi) is 4.90. The zero-order chi connectivity index (χ0) is 19.7. The second-order valence-corrected chi connectivity index (χ2v) is 13.1. The molecule has 0 spiro atoms. The molecular formula is C26H28NSi+. The summed E-state index contributed by atoms with van der Waals surface area (Å²) >= 11 is 0. The summed E-state index contributed by atoms with van der Waals surface area (Å²) in [5.41, 5.74) is 5.36. The van der Waals surface area contributed by atoms with Crippen LogP contribution >= 0.6 is 0 Å². The Hall–Kier alpha value is -2.71. The largest absolute Gasteiger partial charge is 0.220 e. The summed E-state index contributed by atoms with van der Waals surface area (Å²) in [6, 6.07) is 30.1. The standard InChI is InChI=1S/C26H28NSi/c1-20-10-8-9-13-24(20)26-25-15-14-23(18-22(25)16-17-27(26)2)28(3,4)19-21-11-6-5-7-12-21/h5-18H,19H2,1-4H3/q+1. The number of hydrogen-bond acceptors (Lipinski definition) is 0. The molecule has 0 fully saturated rings. The monoisotopic (exact) mass is 382 g/mol. The highest BCUT2D eigenvalue weighted by Crippen LogP contribution is 2.27. The number of benzene rings is 3. The Bertz CT molecular complexity index is 1130. The van der Waals surface area contributed by atoms with E-state index in [1.165, 1.54) is 44.4 Å². The molecule has 4 rings (SSSR count). The molecule has 2 heteroatoms. The van der Waals surface area contributed by atoms with Gasteiger partial charge in [-0.15, -0.1) is 0 Å². The molecule has 4 aromatic rings. The molecule has 0 unspecified atom stereocenters. The molecule has 3 aromatic carbocycles. The SMILES string of the molecule is Cc1ccccc1-c1c2ccc([Si](C)(C)Cc3ccccc3)cc2cc[n+]1C. The summed E-state index contributed by atoms with van der Waals surface area (Å²) in [6.45, 7) is 7.15. The lowest BCUT2D eigenvalue weighted by molar-refractivity contribution is -0.659. The van der Waals surface area contributed by atoms with Crippen molar-refractivity contribution in [2.45, 2.75) is 26.1 Å². The van der Waals surface area contributed by atoms with Gasteiger partial charge >= 0.3 is 0 Å². The minimum absolute atomic E-state index is 1.17. The summed E-state index contributed by atoms with van der Waals surface area (Å²) in [5.74, 6) is 0. The van der Waals surface area contributed by atoms with Crippen LogP contribution in [0, 0.1) is 6.92 Å². The van der Waals surface area contributed by atoms with Gasteiger partial charge in [0.25, 0.3) is 0 Å². The smallest absolute Gasteiger partial charge is 0.200 e. The summed E-state index contributed by atoms with van der Waals surface area (Å²) in [4.78, 5) is 0. The van der Waals surface area contributed by atoms with Crippen LogP contribution in [-0.4, -0.2) is 8.07 Å². The van der Waals surface area contributed by atoms with Crippen LogP contribution in [0.5, 0.6) is 0 Å². The first-order chi connectivity index (χ1) is 13.5. The molecule has 0 atom stereocenters. The Morgan fingerprint density at radius 3 is 2.29 bits per heavy atom. The van der Waals surface area contributed by atoms with Crippen molar-refractivity contribution < 1.29 is 4.57 Å². The highest BCUT2D eigenvalue weighted by atomic mass is 28.3. The molecule has 1 aromatic heterocycles. The van der Waals surface area contributed by atoms with Gasteiger partial charge in [0.05, 0.1) is 13.5 Å². The van der Waals surface area contributed by atoms with Gasteiger partial charge in [0.15, 0.2) is 6.20 Å². The van der Waals surface area contributed by atoms with Crippen LogP contribution in [0.2, 0.25) is 13.1 Å². The predicted octanol–water partition coefficient (Wildman–Crippen LogP) is 5.34. The fourth-order valence-corrected chi connectivity index (χ4v) is 6.72. The van der Waals surface area contributed by atoms with E-state index in [4.69, 9.17) is 0 Å². The molecule has 1 heterocycles. The number of fused-ring (bicyclic) bond motifs is 1. The molecule has 0 saturated carbocycles. The van der Waals surface area contributed by atoms with Crippen molar-refractivity contribution in [2.75, 3.05) is 0 Å². The molecule has 140 valence electrons. The van der Waals surface area contributed by atoms with Crippen LogP contribution in [0.25, 0.3) is 22.0 Å². The number of aryl methyl sites for hydroxylation is 2. The Balaban J connectivity index is 1.81. The molecule has 0 aliphatic rings.